The highest BCUT2D eigenvalue weighted by atomic mass is 79.9. The molecule has 0 aliphatic carbocycles. The molecule has 3 heterocycles. The molecule has 7 nitrogen and oxygen atoms in total. The summed E-state index contributed by atoms with van der Waals surface area (Å²) in [5.41, 5.74) is 1.94. The van der Waals surface area contributed by atoms with Crippen molar-refractivity contribution in [1.29, 1.82) is 0 Å². The van der Waals surface area contributed by atoms with E-state index in [9.17, 15) is 19.5 Å². The Hall–Kier alpha value is -2.88. The molecule has 1 spiro atoms. The molecule has 222 valence electrons. The Labute approximate surface area is 260 Å². The van der Waals surface area contributed by atoms with Crippen molar-refractivity contribution >= 4 is 45.4 Å². The third-order valence-electron chi connectivity index (χ3n) is 8.82. The van der Waals surface area contributed by atoms with Crippen LogP contribution in [0.25, 0.3) is 0 Å². The first-order valence-corrected chi connectivity index (χ1v) is 16.1. The number of amides is 3. The van der Waals surface area contributed by atoms with Gasteiger partial charge in [0.15, 0.2) is 0 Å². The molecule has 0 aromatic heterocycles. The number of fused-ring (bicyclic) bond motifs is 1. The molecule has 42 heavy (non-hydrogen) atoms. The fraction of sp³-hybridized carbons (Fsp3) is 0.424. The van der Waals surface area contributed by atoms with Crippen molar-refractivity contribution in [2.75, 3.05) is 26.7 Å². The average Bonchev–Trinajstić information content (AvgIpc) is 3.59. The second-order valence-corrected chi connectivity index (χ2v) is 14.2. The van der Waals surface area contributed by atoms with E-state index < -0.39 is 28.7 Å². The summed E-state index contributed by atoms with van der Waals surface area (Å²) in [6.07, 6.45) is 4.36. The van der Waals surface area contributed by atoms with Gasteiger partial charge in [0.05, 0.1) is 29.2 Å². The molecule has 2 aromatic rings. The molecule has 3 fully saturated rings. The van der Waals surface area contributed by atoms with Crippen molar-refractivity contribution in [3.8, 4) is 0 Å². The summed E-state index contributed by atoms with van der Waals surface area (Å²) >= 11 is 5.45. The molecule has 3 amide bonds. The predicted octanol–water partition coefficient (Wildman–Crippen LogP) is 3.91. The number of halogens is 1. The van der Waals surface area contributed by atoms with Crippen molar-refractivity contribution < 1.29 is 19.5 Å². The topological polar surface area (TPSA) is 81.2 Å². The zero-order chi connectivity index (χ0) is 30.0. The highest BCUT2D eigenvalue weighted by molar-refractivity contribution is 9.09. The van der Waals surface area contributed by atoms with Crippen LogP contribution in [0, 0.1) is 11.8 Å². The molecule has 3 aliphatic heterocycles. The number of rotatable bonds is 12. The second kappa shape index (κ2) is 12.8. The lowest BCUT2D eigenvalue weighted by molar-refractivity contribution is -0.147. The van der Waals surface area contributed by atoms with Gasteiger partial charge in [0.2, 0.25) is 17.7 Å². The number of carbonyl (C=O) groups excluding carboxylic acids is 3. The number of likely N-dealkylation sites (tertiary alicyclic amines) is 1. The number of benzene rings is 2. The summed E-state index contributed by atoms with van der Waals surface area (Å²) in [4.78, 5) is 48.2. The SMILES string of the molecule is C=CCN(C)C(=O)[C@H]1[C@H]2C(=O)N([C@@H](CO)Cc3ccccc3)C(C(=O)N(CC=C)Cc3ccccc3)C23CC(Br)[C@@H]1S3. The van der Waals surface area contributed by atoms with Gasteiger partial charge < -0.3 is 19.8 Å². The smallest absolute Gasteiger partial charge is 0.247 e. The van der Waals surface area contributed by atoms with Gasteiger partial charge in [0, 0.05) is 36.8 Å². The predicted molar refractivity (Wildman–Crippen MR) is 170 cm³/mol. The average molecular weight is 653 g/mol. The van der Waals surface area contributed by atoms with Gasteiger partial charge in [-0.2, -0.15) is 0 Å². The number of hydrogen-bond donors (Lipinski definition) is 1. The van der Waals surface area contributed by atoms with E-state index in [0.717, 1.165) is 11.1 Å². The third-order valence-corrected chi connectivity index (χ3v) is 12.0. The van der Waals surface area contributed by atoms with Crippen LogP contribution >= 0.6 is 27.7 Å². The van der Waals surface area contributed by atoms with Crippen molar-refractivity contribution in [3.05, 3.63) is 97.1 Å². The van der Waals surface area contributed by atoms with E-state index in [-0.39, 0.29) is 34.4 Å². The maximum Gasteiger partial charge on any atom is 0.247 e. The number of nitrogens with zero attached hydrogens (tertiary/aromatic N) is 3. The highest BCUT2D eigenvalue weighted by Gasteiger charge is 2.76. The van der Waals surface area contributed by atoms with Crippen molar-refractivity contribution in [1.82, 2.24) is 14.7 Å². The largest absolute Gasteiger partial charge is 0.394 e. The molecule has 2 aromatic carbocycles. The Kier molecular flexibility index (Phi) is 9.30. The van der Waals surface area contributed by atoms with Crippen LogP contribution < -0.4 is 0 Å². The maximum absolute atomic E-state index is 14.8. The van der Waals surface area contributed by atoms with Gasteiger partial charge in [-0.05, 0) is 24.0 Å². The summed E-state index contributed by atoms with van der Waals surface area (Å²) in [6, 6.07) is 18.0. The van der Waals surface area contributed by atoms with Crippen molar-refractivity contribution in [2.45, 2.75) is 46.3 Å². The Morgan fingerprint density at radius 1 is 1.07 bits per heavy atom. The Bertz CT molecular complexity index is 1330. The van der Waals surface area contributed by atoms with Gasteiger partial charge in [-0.3, -0.25) is 14.4 Å². The number of aliphatic hydroxyl groups is 1. The standard InChI is InChI=1S/C33H38BrN3O4S/c1-4-16-35(3)30(39)26-27-31(40)37(24(21-38)18-22-12-8-6-9-13-22)29(33(27)19-25(34)28(26)42-33)32(41)36(17-5-2)20-23-14-10-7-11-15-23/h4-15,24-29,38H,1-2,16-21H2,3H3/t24-,25?,26+,27+,28+,29?,33?/m1/s1. The third kappa shape index (κ3) is 5.35. The fourth-order valence-electron chi connectivity index (χ4n) is 7.06. The molecule has 5 rings (SSSR count). The van der Waals surface area contributed by atoms with E-state index in [1.54, 1.807) is 45.7 Å². The minimum absolute atomic E-state index is 0.0310. The molecule has 3 aliphatic rings. The van der Waals surface area contributed by atoms with Crippen LogP contribution in [0.3, 0.4) is 0 Å². The Balaban J connectivity index is 1.59. The molecule has 3 unspecified atom stereocenters. The van der Waals surface area contributed by atoms with E-state index in [0.29, 0.717) is 32.5 Å². The maximum atomic E-state index is 14.8. The van der Waals surface area contributed by atoms with Crippen LogP contribution in [-0.4, -0.2) is 91.2 Å². The van der Waals surface area contributed by atoms with E-state index >= 15 is 0 Å². The number of thioether (sulfide) groups is 1. The van der Waals surface area contributed by atoms with E-state index in [2.05, 4.69) is 29.1 Å². The normalized spacial score (nSPS) is 28.3. The van der Waals surface area contributed by atoms with Crippen LogP contribution in [0.15, 0.2) is 86.0 Å². The number of alkyl halides is 1. The lowest BCUT2D eigenvalue weighted by Gasteiger charge is -2.40. The highest BCUT2D eigenvalue weighted by Crippen LogP contribution is 2.68. The van der Waals surface area contributed by atoms with E-state index in [4.69, 9.17) is 0 Å². The molecule has 0 radical (unpaired) electrons. The van der Waals surface area contributed by atoms with Gasteiger partial charge >= 0.3 is 0 Å². The van der Waals surface area contributed by atoms with E-state index in [1.165, 1.54) is 0 Å². The monoisotopic (exact) mass is 651 g/mol. The Morgan fingerprint density at radius 2 is 1.69 bits per heavy atom. The molecule has 7 atom stereocenters. The minimum atomic E-state index is -0.836. The molecular formula is C33H38BrN3O4S. The van der Waals surface area contributed by atoms with Crippen LogP contribution in [0.2, 0.25) is 0 Å². The summed E-state index contributed by atoms with van der Waals surface area (Å²) in [5, 5.41) is 10.6. The van der Waals surface area contributed by atoms with Gasteiger partial charge in [-0.25, -0.2) is 0 Å². The van der Waals surface area contributed by atoms with E-state index in [1.807, 2.05) is 60.7 Å². The number of aliphatic hydroxyl groups excluding tert-OH is 1. The first-order valence-electron chi connectivity index (χ1n) is 14.4. The lowest BCUT2D eigenvalue weighted by atomic mass is 9.70. The molecular weight excluding hydrogens is 614 g/mol. The summed E-state index contributed by atoms with van der Waals surface area (Å²) in [5.74, 6) is -1.76. The number of carbonyl (C=O) groups is 3. The molecule has 3 saturated heterocycles. The zero-order valence-corrected chi connectivity index (χ0v) is 26.3. The second-order valence-electron chi connectivity index (χ2n) is 11.4. The van der Waals surface area contributed by atoms with Gasteiger partial charge in [-0.1, -0.05) is 88.7 Å². The molecule has 9 heteroatoms. The van der Waals surface area contributed by atoms with Crippen LogP contribution in [0.5, 0.6) is 0 Å². The van der Waals surface area contributed by atoms with Gasteiger partial charge in [0.1, 0.15) is 6.04 Å². The number of hydrogen-bond acceptors (Lipinski definition) is 5. The van der Waals surface area contributed by atoms with Crippen LogP contribution in [0.4, 0.5) is 0 Å². The molecule has 1 N–H and O–H groups in total. The first-order chi connectivity index (χ1) is 20.3. The summed E-state index contributed by atoms with van der Waals surface area (Å²) in [7, 11) is 1.73. The number of likely N-dealkylation sites (N-methyl/N-ethyl adjacent to an activating group) is 1. The van der Waals surface area contributed by atoms with Crippen LogP contribution in [-0.2, 0) is 27.3 Å². The van der Waals surface area contributed by atoms with Gasteiger partial charge in [0.25, 0.3) is 0 Å². The molecule has 0 saturated carbocycles. The summed E-state index contributed by atoms with van der Waals surface area (Å²) < 4.78 is -0.803. The van der Waals surface area contributed by atoms with Gasteiger partial charge in [-0.15, -0.1) is 24.9 Å². The van der Waals surface area contributed by atoms with Crippen molar-refractivity contribution in [2.24, 2.45) is 11.8 Å². The first kappa shape index (κ1) is 30.6. The van der Waals surface area contributed by atoms with Crippen LogP contribution in [0.1, 0.15) is 17.5 Å². The lowest BCUT2D eigenvalue weighted by Crippen LogP contribution is -2.58. The summed E-state index contributed by atoms with van der Waals surface area (Å²) in [6.45, 7) is 8.43. The zero-order valence-electron chi connectivity index (χ0n) is 23.8. The van der Waals surface area contributed by atoms with Crippen molar-refractivity contribution in [3.63, 3.8) is 0 Å². The minimum Gasteiger partial charge on any atom is -0.394 e. The fourth-order valence-corrected chi connectivity index (χ4v) is 10.6. The molecule has 2 bridgehead atoms. The Morgan fingerprint density at radius 3 is 2.29 bits per heavy atom. The quantitative estimate of drug-likeness (QED) is 0.278.